The van der Waals surface area contributed by atoms with Gasteiger partial charge in [-0.05, 0) is 82.9 Å². The molecule has 0 aliphatic rings. The zero-order valence-corrected chi connectivity index (χ0v) is 33.7. The van der Waals surface area contributed by atoms with Crippen LogP contribution in [0.5, 0.6) is 0 Å². The highest BCUT2D eigenvalue weighted by Gasteiger charge is 2.18. The van der Waals surface area contributed by atoms with Gasteiger partial charge in [-0.25, -0.2) is 9.97 Å². The van der Waals surface area contributed by atoms with E-state index in [-0.39, 0.29) is 0 Å². The summed E-state index contributed by atoms with van der Waals surface area (Å²) in [6.07, 6.45) is 0. The normalized spacial score (nSPS) is 11.5. The van der Waals surface area contributed by atoms with E-state index in [1.54, 1.807) is 0 Å². The summed E-state index contributed by atoms with van der Waals surface area (Å²) in [7, 11) is 0. The number of nitrogens with zero attached hydrogens (tertiary/aromatic N) is 4. The lowest BCUT2D eigenvalue weighted by Crippen LogP contribution is -1.96. The topological polar surface area (TPSA) is 35.6 Å². The Hall–Kier alpha value is -8.34. The van der Waals surface area contributed by atoms with Crippen LogP contribution in [-0.2, 0) is 0 Å². The van der Waals surface area contributed by atoms with Gasteiger partial charge in [0.05, 0.1) is 33.5 Å². The summed E-state index contributed by atoms with van der Waals surface area (Å²) in [6, 6.07) is 82.1. The lowest BCUT2D eigenvalue weighted by Gasteiger charge is -2.12. The minimum Gasteiger partial charge on any atom is -0.309 e. The summed E-state index contributed by atoms with van der Waals surface area (Å²) in [5, 5.41) is 4.93. The van der Waals surface area contributed by atoms with Crippen molar-refractivity contribution in [2.45, 2.75) is 0 Å². The van der Waals surface area contributed by atoms with Crippen molar-refractivity contribution in [1.29, 1.82) is 0 Å². The highest BCUT2D eigenvalue weighted by Crippen LogP contribution is 2.41. The van der Waals surface area contributed by atoms with Gasteiger partial charge >= 0.3 is 0 Å². The van der Waals surface area contributed by atoms with Gasteiger partial charge in [0, 0.05) is 49.6 Å². The van der Waals surface area contributed by atoms with E-state index in [1.165, 1.54) is 54.8 Å². The van der Waals surface area contributed by atoms with Crippen molar-refractivity contribution in [2.75, 3.05) is 0 Å². The maximum atomic E-state index is 5.15. The Bertz CT molecular complexity index is 3550. The minimum atomic E-state index is 0.697. The van der Waals surface area contributed by atoms with Gasteiger partial charge in [0.25, 0.3) is 0 Å². The van der Waals surface area contributed by atoms with E-state index < -0.39 is 0 Å². The lowest BCUT2D eigenvalue weighted by atomic mass is 9.97. The number of para-hydroxylation sites is 3. The zero-order valence-electron chi connectivity index (χ0n) is 33.7. The van der Waals surface area contributed by atoms with Crippen molar-refractivity contribution in [1.82, 2.24) is 19.1 Å². The average Bonchev–Trinajstić information content (AvgIpc) is 3.87. The molecule has 0 spiro atoms. The van der Waals surface area contributed by atoms with Crippen LogP contribution in [0.3, 0.4) is 0 Å². The Kier molecular flexibility index (Phi) is 8.46. The summed E-state index contributed by atoms with van der Waals surface area (Å²) in [4.78, 5) is 10.3. The van der Waals surface area contributed by atoms with Gasteiger partial charge in [0.15, 0.2) is 5.82 Å². The second-order valence-electron chi connectivity index (χ2n) is 15.8. The van der Waals surface area contributed by atoms with Crippen LogP contribution >= 0.6 is 0 Å². The van der Waals surface area contributed by atoms with Crippen LogP contribution in [0, 0.1) is 0 Å². The molecule has 0 fully saturated rings. The second kappa shape index (κ2) is 14.7. The van der Waals surface area contributed by atoms with Gasteiger partial charge in [0.2, 0.25) is 0 Å². The quantitative estimate of drug-likeness (QED) is 0.161. The molecule has 0 aliphatic heterocycles. The van der Waals surface area contributed by atoms with E-state index in [0.717, 1.165) is 50.5 Å². The molecular formula is C58H38N4. The zero-order chi connectivity index (χ0) is 41.0. The molecule has 0 amide bonds. The molecule has 0 saturated carbocycles. The van der Waals surface area contributed by atoms with Crippen LogP contribution in [0.25, 0.3) is 111 Å². The fourth-order valence-corrected chi connectivity index (χ4v) is 9.26. The molecule has 0 saturated heterocycles. The lowest BCUT2D eigenvalue weighted by molar-refractivity contribution is 1.18. The van der Waals surface area contributed by atoms with Gasteiger partial charge in [-0.15, -0.1) is 0 Å². The number of hydrogen-bond donors (Lipinski definition) is 0. The molecule has 0 radical (unpaired) electrons. The third-order valence-corrected chi connectivity index (χ3v) is 12.1. The van der Waals surface area contributed by atoms with E-state index in [4.69, 9.17) is 9.97 Å². The molecule has 4 nitrogen and oxygen atoms in total. The standard InChI is InChI=1S/C58H38N4/c1-4-16-40(17-5-1)51-38-52(41-18-6-2-7-19-41)60-58(59-51)44-21-14-20-43(36-44)47-26-15-29-55-57(47)50-25-11-13-28-54(50)61(55)46-33-30-39(31-34-46)42-32-35-49-48-24-10-12-27-53(48)62(56(49)37-42)45-22-8-3-9-23-45/h1-38H. The first-order chi connectivity index (χ1) is 30.7. The third kappa shape index (κ3) is 6.00. The molecule has 0 N–H and O–H groups in total. The molecule has 62 heavy (non-hydrogen) atoms. The largest absolute Gasteiger partial charge is 0.309 e. The first-order valence-corrected chi connectivity index (χ1v) is 21.1. The third-order valence-electron chi connectivity index (χ3n) is 12.1. The Labute approximate surface area is 359 Å². The average molecular weight is 791 g/mol. The summed E-state index contributed by atoms with van der Waals surface area (Å²) in [5.74, 6) is 0.697. The molecule has 12 aromatic rings. The summed E-state index contributed by atoms with van der Waals surface area (Å²) in [6.45, 7) is 0. The smallest absolute Gasteiger partial charge is 0.160 e. The van der Waals surface area contributed by atoms with Crippen molar-refractivity contribution in [3.8, 4) is 67.5 Å². The fourth-order valence-electron chi connectivity index (χ4n) is 9.26. The van der Waals surface area contributed by atoms with Crippen LogP contribution < -0.4 is 0 Å². The van der Waals surface area contributed by atoms with E-state index in [9.17, 15) is 0 Å². The van der Waals surface area contributed by atoms with Gasteiger partial charge < -0.3 is 9.13 Å². The Morgan fingerprint density at radius 1 is 0.274 bits per heavy atom. The summed E-state index contributed by atoms with van der Waals surface area (Å²) < 4.78 is 4.78. The SMILES string of the molecule is c1ccc(-c2cc(-c3ccccc3)nc(-c3cccc(-c4cccc5c4c4ccccc4n5-c4ccc(-c5ccc6c7ccccc7n(-c7ccccc7)c6c5)cc4)c3)n2)cc1. The molecule has 3 heterocycles. The fraction of sp³-hybridized carbons (Fsp3) is 0. The maximum Gasteiger partial charge on any atom is 0.160 e. The van der Waals surface area contributed by atoms with Crippen LogP contribution in [0.1, 0.15) is 0 Å². The first kappa shape index (κ1) is 35.6. The molecule has 12 rings (SSSR count). The van der Waals surface area contributed by atoms with Crippen molar-refractivity contribution >= 4 is 43.6 Å². The van der Waals surface area contributed by atoms with Crippen LogP contribution in [0.2, 0.25) is 0 Å². The molecule has 4 heteroatoms. The predicted molar refractivity (Wildman–Crippen MR) is 258 cm³/mol. The highest BCUT2D eigenvalue weighted by atomic mass is 15.0. The monoisotopic (exact) mass is 790 g/mol. The number of hydrogen-bond acceptors (Lipinski definition) is 2. The molecule has 3 aromatic heterocycles. The second-order valence-corrected chi connectivity index (χ2v) is 15.8. The number of benzene rings is 9. The summed E-state index contributed by atoms with van der Waals surface area (Å²) in [5.41, 5.74) is 16.5. The van der Waals surface area contributed by atoms with Crippen molar-refractivity contribution in [3.05, 3.63) is 231 Å². The van der Waals surface area contributed by atoms with Crippen molar-refractivity contribution in [2.24, 2.45) is 0 Å². The number of rotatable bonds is 7. The Morgan fingerprint density at radius 2 is 0.774 bits per heavy atom. The minimum absolute atomic E-state index is 0.697. The van der Waals surface area contributed by atoms with Gasteiger partial charge in [-0.1, -0.05) is 170 Å². The number of fused-ring (bicyclic) bond motifs is 6. The Balaban J connectivity index is 0.957. The van der Waals surface area contributed by atoms with Gasteiger partial charge in [-0.2, -0.15) is 0 Å². The predicted octanol–water partition coefficient (Wildman–Crippen LogP) is 15.0. The molecule has 0 atom stereocenters. The van der Waals surface area contributed by atoms with E-state index in [1.807, 2.05) is 12.1 Å². The molecular weight excluding hydrogens is 753 g/mol. The molecule has 290 valence electrons. The van der Waals surface area contributed by atoms with E-state index >= 15 is 0 Å². The van der Waals surface area contributed by atoms with E-state index in [2.05, 4.69) is 228 Å². The molecule has 9 aromatic carbocycles. The van der Waals surface area contributed by atoms with Crippen LogP contribution in [-0.4, -0.2) is 19.1 Å². The van der Waals surface area contributed by atoms with Gasteiger partial charge in [0.1, 0.15) is 0 Å². The highest BCUT2D eigenvalue weighted by molar-refractivity contribution is 6.16. The number of aromatic nitrogens is 4. The maximum absolute atomic E-state index is 5.15. The van der Waals surface area contributed by atoms with Crippen molar-refractivity contribution < 1.29 is 0 Å². The molecule has 0 aliphatic carbocycles. The first-order valence-electron chi connectivity index (χ1n) is 21.1. The summed E-state index contributed by atoms with van der Waals surface area (Å²) >= 11 is 0. The van der Waals surface area contributed by atoms with Crippen LogP contribution in [0.4, 0.5) is 0 Å². The Morgan fingerprint density at radius 3 is 1.48 bits per heavy atom. The van der Waals surface area contributed by atoms with E-state index in [0.29, 0.717) is 5.82 Å². The van der Waals surface area contributed by atoms with Crippen molar-refractivity contribution in [3.63, 3.8) is 0 Å². The molecule has 0 unspecified atom stereocenters. The van der Waals surface area contributed by atoms with Gasteiger partial charge in [-0.3, -0.25) is 0 Å². The molecule has 0 bridgehead atoms. The van der Waals surface area contributed by atoms with Crippen LogP contribution in [0.15, 0.2) is 231 Å².